The summed E-state index contributed by atoms with van der Waals surface area (Å²) >= 11 is 0.971. The fourth-order valence-corrected chi connectivity index (χ4v) is 2.83. The number of aromatic nitrogens is 2. The summed E-state index contributed by atoms with van der Waals surface area (Å²) in [6, 6.07) is 11.1. The van der Waals surface area contributed by atoms with Crippen LogP contribution in [0.4, 0.5) is 13.2 Å². The molecule has 0 aliphatic heterocycles. The number of fused-ring (bicyclic) bond motifs is 1. The average molecular weight is 367 g/mol. The highest BCUT2D eigenvalue weighted by atomic mass is 32.1. The van der Waals surface area contributed by atoms with Crippen molar-refractivity contribution in [1.82, 2.24) is 14.1 Å². The van der Waals surface area contributed by atoms with Gasteiger partial charge < -0.3 is 10.4 Å². The summed E-state index contributed by atoms with van der Waals surface area (Å²) < 4.78 is 48.1. The second-order valence-corrected chi connectivity index (χ2v) is 5.90. The van der Waals surface area contributed by atoms with Crippen LogP contribution in [0.25, 0.3) is 11.0 Å². The minimum atomic E-state index is -4.95. The summed E-state index contributed by atoms with van der Waals surface area (Å²) in [5, 5.41) is 12.3. The molecule has 0 saturated carbocycles. The molecule has 2 aromatic carbocycles. The highest BCUT2D eigenvalue weighted by Crippen LogP contribution is 2.38. The lowest BCUT2D eigenvalue weighted by Crippen LogP contribution is -2.51. The maximum atomic E-state index is 13.4. The summed E-state index contributed by atoms with van der Waals surface area (Å²) in [7, 11) is 0. The molecular formula is C16H12F3N3O2S. The number of hydrogen-bond donors (Lipinski definition) is 2. The number of nitrogens with zero attached hydrogens (tertiary/aromatic N) is 2. The van der Waals surface area contributed by atoms with Crippen molar-refractivity contribution < 1.29 is 23.1 Å². The van der Waals surface area contributed by atoms with Gasteiger partial charge in [-0.3, -0.25) is 4.79 Å². The molecular weight excluding hydrogens is 355 g/mol. The SMILES string of the molecule is O=C(NC[C@@](O)(c1ccccc1)C(F)(F)F)c1ccc2nsnc2c1. The van der Waals surface area contributed by atoms with Crippen molar-refractivity contribution in [3.05, 3.63) is 59.7 Å². The molecule has 3 aromatic rings. The number of halogens is 3. The minimum Gasteiger partial charge on any atom is -0.375 e. The van der Waals surface area contributed by atoms with E-state index in [0.717, 1.165) is 23.9 Å². The van der Waals surface area contributed by atoms with E-state index in [2.05, 4.69) is 14.1 Å². The number of carbonyl (C=O) groups excluding carboxylic acids is 1. The Labute approximate surface area is 144 Å². The maximum absolute atomic E-state index is 13.4. The van der Waals surface area contributed by atoms with Gasteiger partial charge in [0.1, 0.15) is 11.0 Å². The smallest absolute Gasteiger partial charge is 0.375 e. The first-order valence-electron chi connectivity index (χ1n) is 7.16. The second kappa shape index (κ2) is 6.41. The molecule has 1 heterocycles. The van der Waals surface area contributed by atoms with E-state index in [1.54, 1.807) is 6.07 Å². The molecule has 25 heavy (non-hydrogen) atoms. The van der Waals surface area contributed by atoms with Crippen LogP contribution in [0, 0.1) is 0 Å². The minimum absolute atomic E-state index is 0.137. The highest BCUT2D eigenvalue weighted by molar-refractivity contribution is 7.00. The predicted molar refractivity (Wildman–Crippen MR) is 86.1 cm³/mol. The zero-order valence-corrected chi connectivity index (χ0v) is 13.4. The molecule has 0 radical (unpaired) electrons. The first-order valence-corrected chi connectivity index (χ1v) is 7.89. The van der Waals surface area contributed by atoms with Crippen molar-refractivity contribution in [2.45, 2.75) is 11.8 Å². The number of amides is 1. The van der Waals surface area contributed by atoms with Crippen molar-refractivity contribution in [3.8, 4) is 0 Å². The van der Waals surface area contributed by atoms with Crippen LogP contribution in [0.3, 0.4) is 0 Å². The van der Waals surface area contributed by atoms with Crippen LogP contribution < -0.4 is 5.32 Å². The third-order valence-electron chi connectivity index (χ3n) is 3.74. The average Bonchev–Trinajstić information content (AvgIpc) is 3.06. The molecule has 1 aromatic heterocycles. The Balaban J connectivity index is 1.82. The van der Waals surface area contributed by atoms with Crippen molar-refractivity contribution in [3.63, 3.8) is 0 Å². The van der Waals surface area contributed by atoms with Crippen LogP contribution in [0.2, 0.25) is 0 Å². The zero-order chi connectivity index (χ0) is 18.1. The van der Waals surface area contributed by atoms with Gasteiger partial charge in [0.2, 0.25) is 5.60 Å². The Morgan fingerprint density at radius 1 is 1.08 bits per heavy atom. The standard InChI is InChI=1S/C16H12F3N3O2S/c17-16(18,19)15(24,11-4-2-1-3-5-11)9-20-14(23)10-6-7-12-13(8-10)22-25-21-12/h1-8,24H,9H2,(H,20,23)/t15-/m1/s1. The number of carbonyl (C=O) groups is 1. The van der Waals surface area contributed by atoms with E-state index >= 15 is 0 Å². The number of hydrogen-bond acceptors (Lipinski definition) is 5. The van der Waals surface area contributed by atoms with Gasteiger partial charge in [-0.05, 0) is 23.8 Å². The number of rotatable bonds is 4. The van der Waals surface area contributed by atoms with Crippen molar-refractivity contribution in [1.29, 1.82) is 0 Å². The van der Waals surface area contributed by atoms with Crippen LogP contribution >= 0.6 is 11.7 Å². The van der Waals surface area contributed by atoms with Gasteiger partial charge in [0.15, 0.2) is 0 Å². The molecule has 0 bridgehead atoms. The van der Waals surface area contributed by atoms with Gasteiger partial charge in [0.25, 0.3) is 5.91 Å². The lowest BCUT2D eigenvalue weighted by molar-refractivity contribution is -0.263. The lowest BCUT2D eigenvalue weighted by atomic mass is 9.93. The normalized spacial score (nSPS) is 14.2. The molecule has 0 spiro atoms. The predicted octanol–water partition coefficient (Wildman–Crippen LogP) is 2.87. The van der Waals surface area contributed by atoms with E-state index in [9.17, 15) is 23.1 Å². The number of alkyl halides is 3. The Kier molecular flexibility index (Phi) is 4.44. The Morgan fingerprint density at radius 3 is 2.44 bits per heavy atom. The third kappa shape index (κ3) is 3.33. The molecule has 3 rings (SSSR count). The largest absolute Gasteiger partial charge is 0.423 e. The third-order valence-corrected chi connectivity index (χ3v) is 4.30. The van der Waals surface area contributed by atoms with Gasteiger partial charge in [0, 0.05) is 5.56 Å². The van der Waals surface area contributed by atoms with Crippen LogP contribution in [-0.4, -0.2) is 32.5 Å². The van der Waals surface area contributed by atoms with Gasteiger partial charge in [-0.2, -0.15) is 21.9 Å². The quantitative estimate of drug-likeness (QED) is 0.744. The topological polar surface area (TPSA) is 75.1 Å². The molecule has 2 N–H and O–H groups in total. The van der Waals surface area contributed by atoms with E-state index in [1.165, 1.54) is 30.3 Å². The molecule has 130 valence electrons. The molecule has 0 fully saturated rings. The molecule has 0 aliphatic rings. The molecule has 5 nitrogen and oxygen atoms in total. The molecule has 1 atom stereocenters. The summed E-state index contributed by atoms with van der Waals surface area (Å²) in [6.45, 7) is -1.01. The van der Waals surface area contributed by atoms with Crippen molar-refractivity contribution in [2.75, 3.05) is 6.54 Å². The van der Waals surface area contributed by atoms with E-state index < -0.39 is 24.2 Å². The van der Waals surface area contributed by atoms with E-state index in [-0.39, 0.29) is 11.1 Å². The molecule has 1 amide bonds. The fraction of sp³-hybridized carbons (Fsp3) is 0.188. The van der Waals surface area contributed by atoms with Crippen LogP contribution in [0.1, 0.15) is 15.9 Å². The second-order valence-electron chi connectivity index (χ2n) is 5.37. The Hall–Kier alpha value is -2.52. The number of nitrogens with one attached hydrogen (secondary N) is 1. The fourth-order valence-electron chi connectivity index (χ4n) is 2.31. The first kappa shape index (κ1) is 17.3. The van der Waals surface area contributed by atoms with Gasteiger partial charge in [-0.15, -0.1) is 0 Å². The zero-order valence-electron chi connectivity index (χ0n) is 12.6. The Bertz CT molecular complexity index is 898. The van der Waals surface area contributed by atoms with Crippen LogP contribution in [0.5, 0.6) is 0 Å². The van der Waals surface area contributed by atoms with Gasteiger partial charge in [-0.1, -0.05) is 30.3 Å². The van der Waals surface area contributed by atoms with Crippen LogP contribution in [-0.2, 0) is 5.60 Å². The van der Waals surface area contributed by atoms with E-state index in [4.69, 9.17) is 0 Å². The Morgan fingerprint density at radius 2 is 1.76 bits per heavy atom. The van der Waals surface area contributed by atoms with Gasteiger partial charge in [-0.25, -0.2) is 0 Å². The van der Waals surface area contributed by atoms with E-state index in [1.807, 2.05) is 0 Å². The summed E-state index contributed by atoms with van der Waals surface area (Å²) in [4.78, 5) is 12.2. The molecule has 0 unspecified atom stereocenters. The summed E-state index contributed by atoms with van der Waals surface area (Å²) in [5.41, 5.74) is -2.32. The summed E-state index contributed by atoms with van der Waals surface area (Å²) in [5.74, 6) is -0.742. The number of benzene rings is 2. The van der Waals surface area contributed by atoms with Crippen LogP contribution in [0.15, 0.2) is 48.5 Å². The molecule has 9 heteroatoms. The van der Waals surface area contributed by atoms with Gasteiger partial charge >= 0.3 is 6.18 Å². The molecule has 0 aliphatic carbocycles. The maximum Gasteiger partial charge on any atom is 0.423 e. The first-order chi connectivity index (χ1) is 11.8. The number of aliphatic hydroxyl groups is 1. The lowest BCUT2D eigenvalue weighted by Gasteiger charge is -2.31. The monoisotopic (exact) mass is 367 g/mol. The van der Waals surface area contributed by atoms with Gasteiger partial charge in [0.05, 0.1) is 18.3 Å². The van der Waals surface area contributed by atoms with E-state index in [0.29, 0.717) is 11.0 Å². The van der Waals surface area contributed by atoms with Crippen molar-refractivity contribution in [2.24, 2.45) is 0 Å². The molecule has 0 saturated heterocycles. The van der Waals surface area contributed by atoms with Crippen molar-refractivity contribution >= 4 is 28.7 Å². The highest BCUT2D eigenvalue weighted by Gasteiger charge is 2.55. The summed E-state index contributed by atoms with van der Waals surface area (Å²) in [6.07, 6.45) is -4.95.